The van der Waals surface area contributed by atoms with Crippen molar-refractivity contribution in [3.63, 3.8) is 0 Å². The first-order chi connectivity index (χ1) is 8.24. The van der Waals surface area contributed by atoms with Crippen LogP contribution in [0.15, 0.2) is 18.2 Å². The van der Waals surface area contributed by atoms with E-state index in [0.29, 0.717) is 5.92 Å². The molecule has 0 amide bonds. The van der Waals surface area contributed by atoms with Gasteiger partial charge in [-0.2, -0.15) is 0 Å². The molecule has 1 aromatic carbocycles. The average Bonchev–Trinajstić information content (AvgIpc) is 2.73. The highest BCUT2D eigenvalue weighted by Crippen LogP contribution is 2.41. The molecule has 1 unspecified atom stereocenters. The van der Waals surface area contributed by atoms with Crippen molar-refractivity contribution in [1.29, 1.82) is 0 Å². The van der Waals surface area contributed by atoms with Gasteiger partial charge >= 0.3 is 0 Å². The van der Waals surface area contributed by atoms with Crippen molar-refractivity contribution >= 4 is 17.3 Å². The van der Waals surface area contributed by atoms with E-state index in [1.165, 1.54) is 37.2 Å². The van der Waals surface area contributed by atoms with Crippen LogP contribution in [0.2, 0.25) is 5.02 Å². The minimum Gasteiger partial charge on any atom is -0.384 e. The minimum absolute atomic E-state index is 0.664. The van der Waals surface area contributed by atoms with Gasteiger partial charge in [0.1, 0.15) is 0 Å². The van der Waals surface area contributed by atoms with E-state index in [1.807, 2.05) is 6.07 Å². The molecule has 3 heteroatoms. The Morgan fingerprint density at radius 2 is 2.06 bits per heavy atom. The van der Waals surface area contributed by atoms with E-state index < -0.39 is 0 Å². The maximum atomic E-state index is 6.11. The van der Waals surface area contributed by atoms with Crippen LogP contribution < -0.4 is 5.32 Å². The maximum absolute atomic E-state index is 6.11. The Morgan fingerprint density at radius 3 is 2.82 bits per heavy atom. The summed E-state index contributed by atoms with van der Waals surface area (Å²) in [6.07, 6.45) is 2.63. The molecule has 3 rings (SSSR count). The Morgan fingerprint density at radius 1 is 1.29 bits per heavy atom. The van der Waals surface area contributed by atoms with Crippen LogP contribution in [0.1, 0.15) is 24.3 Å². The third kappa shape index (κ3) is 2.16. The van der Waals surface area contributed by atoms with Crippen molar-refractivity contribution in [2.75, 3.05) is 32.0 Å². The molecular formula is C14H19ClN2. The fourth-order valence-corrected chi connectivity index (χ4v) is 3.36. The van der Waals surface area contributed by atoms with Crippen LogP contribution in [0.25, 0.3) is 0 Å². The molecule has 1 N–H and O–H groups in total. The molecule has 17 heavy (non-hydrogen) atoms. The summed E-state index contributed by atoms with van der Waals surface area (Å²) >= 11 is 6.11. The largest absolute Gasteiger partial charge is 0.384 e. The summed E-state index contributed by atoms with van der Waals surface area (Å²) in [7, 11) is 2.22. The molecule has 0 spiro atoms. The fraction of sp³-hybridized carbons (Fsp3) is 0.571. The molecule has 92 valence electrons. The lowest BCUT2D eigenvalue weighted by molar-refractivity contribution is 0.202. The molecule has 0 saturated carbocycles. The number of nitrogens with zero attached hydrogens (tertiary/aromatic N) is 1. The Labute approximate surface area is 108 Å². The molecule has 2 heterocycles. The molecule has 2 aliphatic heterocycles. The highest BCUT2D eigenvalue weighted by Gasteiger charge is 2.31. The lowest BCUT2D eigenvalue weighted by Crippen LogP contribution is -2.33. The molecule has 0 radical (unpaired) electrons. The summed E-state index contributed by atoms with van der Waals surface area (Å²) in [6.45, 7) is 3.55. The highest BCUT2D eigenvalue weighted by atomic mass is 35.5. The monoisotopic (exact) mass is 250 g/mol. The summed E-state index contributed by atoms with van der Waals surface area (Å²) in [5.74, 6) is 1.48. The molecule has 1 saturated heterocycles. The SMILES string of the molecule is CN1CCC(C2CNc3ccc(Cl)cc32)CC1. The number of piperidine rings is 1. The molecule has 0 aliphatic carbocycles. The van der Waals surface area contributed by atoms with Gasteiger partial charge in [0.05, 0.1) is 0 Å². The van der Waals surface area contributed by atoms with E-state index in [0.717, 1.165) is 17.5 Å². The van der Waals surface area contributed by atoms with Crippen molar-refractivity contribution < 1.29 is 0 Å². The average molecular weight is 251 g/mol. The highest BCUT2D eigenvalue weighted by molar-refractivity contribution is 6.30. The van der Waals surface area contributed by atoms with Gasteiger partial charge in [0.15, 0.2) is 0 Å². The van der Waals surface area contributed by atoms with E-state index in [4.69, 9.17) is 11.6 Å². The second-order valence-electron chi connectivity index (χ2n) is 5.36. The van der Waals surface area contributed by atoms with E-state index in [1.54, 1.807) is 0 Å². The topological polar surface area (TPSA) is 15.3 Å². The number of hydrogen-bond acceptors (Lipinski definition) is 2. The summed E-state index contributed by atoms with van der Waals surface area (Å²) in [5, 5.41) is 4.38. The van der Waals surface area contributed by atoms with Gasteiger partial charge in [0, 0.05) is 23.2 Å². The maximum Gasteiger partial charge on any atom is 0.0410 e. The van der Waals surface area contributed by atoms with Gasteiger partial charge < -0.3 is 10.2 Å². The van der Waals surface area contributed by atoms with Gasteiger partial charge in [0.25, 0.3) is 0 Å². The molecular weight excluding hydrogens is 232 g/mol. The van der Waals surface area contributed by atoms with Gasteiger partial charge in [-0.25, -0.2) is 0 Å². The number of rotatable bonds is 1. The standard InChI is InChI=1S/C14H19ClN2/c1-17-6-4-10(5-7-17)13-9-16-14-3-2-11(15)8-12(13)14/h2-3,8,10,13,16H,4-7,9H2,1H3. The molecule has 0 bridgehead atoms. The zero-order valence-corrected chi connectivity index (χ0v) is 11.0. The van der Waals surface area contributed by atoms with E-state index in [-0.39, 0.29) is 0 Å². The first-order valence-electron chi connectivity index (χ1n) is 6.46. The predicted octanol–water partition coefficient (Wildman–Crippen LogP) is 3.19. The van der Waals surface area contributed by atoms with Crippen LogP contribution in [-0.4, -0.2) is 31.6 Å². The summed E-state index contributed by atoms with van der Waals surface area (Å²) in [5.41, 5.74) is 2.73. The van der Waals surface area contributed by atoms with E-state index in [9.17, 15) is 0 Å². The molecule has 1 fully saturated rings. The first kappa shape index (κ1) is 11.4. The fourth-order valence-electron chi connectivity index (χ4n) is 3.18. The van der Waals surface area contributed by atoms with Crippen molar-refractivity contribution in [2.45, 2.75) is 18.8 Å². The van der Waals surface area contributed by atoms with Crippen molar-refractivity contribution in [2.24, 2.45) is 5.92 Å². The van der Waals surface area contributed by atoms with E-state index >= 15 is 0 Å². The Kier molecular flexibility index (Phi) is 3.01. The van der Waals surface area contributed by atoms with Crippen LogP contribution in [0.5, 0.6) is 0 Å². The van der Waals surface area contributed by atoms with Crippen LogP contribution in [0, 0.1) is 5.92 Å². The molecule has 2 nitrogen and oxygen atoms in total. The van der Waals surface area contributed by atoms with Gasteiger partial charge in [-0.1, -0.05) is 11.6 Å². The van der Waals surface area contributed by atoms with Gasteiger partial charge in [-0.05, 0) is 62.7 Å². The van der Waals surface area contributed by atoms with Crippen molar-refractivity contribution in [3.8, 4) is 0 Å². The summed E-state index contributed by atoms with van der Waals surface area (Å²) in [4.78, 5) is 2.43. The third-order valence-electron chi connectivity index (χ3n) is 4.26. The van der Waals surface area contributed by atoms with Crippen LogP contribution >= 0.6 is 11.6 Å². The molecule has 1 atom stereocenters. The number of nitrogens with one attached hydrogen (secondary N) is 1. The summed E-state index contributed by atoms with van der Waals surface area (Å²) in [6, 6.07) is 6.25. The first-order valence-corrected chi connectivity index (χ1v) is 6.83. The molecule has 1 aromatic rings. The zero-order chi connectivity index (χ0) is 11.8. The van der Waals surface area contributed by atoms with Crippen LogP contribution in [0.3, 0.4) is 0 Å². The van der Waals surface area contributed by atoms with Gasteiger partial charge in [-0.3, -0.25) is 0 Å². The van der Waals surface area contributed by atoms with Gasteiger partial charge in [0.2, 0.25) is 0 Å². The van der Waals surface area contributed by atoms with Gasteiger partial charge in [-0.15, -0.1) is 0 Å². The number of anilines is 1. The third-order valence-corrected chi connectivity index (χ3v) is 4.49. The Hall–Kier alpha value is -0.730. The second kappa shape index (κ2) is 4.51. The number of fused-ring (bicyclic) bond motifs is 1. The number of likely N-dealkylation sites (tertiary alicyclic amines) is 1. The predicted molar refractivity (Wildman–Crippen MR) is 72.9 cm³/mol. The number of benzene rings is 1. The van der Waals surface area contributed by atoms with Crippen LogP contribution in [0.4, 0.5) is 5.69 Å². The Balaban J connectivity index is 1.81. The molecule has 2 aliphatic rings. The second-order valence-corrected chi connectivity index (χ2v) is 5.80. The van der Waals surface area contributed by atoms with Crippen molar-refractivity contribution in [1.82, 2.24) is 4.90 Å². The zero-order valence-electron chi connectivity index (χ0n) is 10.2. The minimum atomic E-state index is 0.664. The van der Waals surface area contributed by atoms with Crippen molar-refractivity contribution in [3.05, 3.63) is 28.8 Å². The number of hydrogen-bond donors (Lipinski definition) is 1. The normalized spacial score (nSPS) is 25.6. The molecule has 0 aromatic heterocycles. The Bertz CT molecular complexity index is 411. The lowest BCUT2D eigenvalue weighted by atomic mass is 9.81. The quantitative estimate of drug-likeness (QED) is 0.824. The van der Waals surface area contributed by atoms with Crippen LogP contribution in [-0.2, 0) is 0 Å². The van der Waals surface area contributed by atoms with E-state index in [2.05, 4.69) is 29.4 Å². The smallest absolute Gasteiger partial charge is 0.0410 e. The number of halogens is 1. The lowest BCUT2D eigenvalue weighted by Gasteiger charge is -2.32. The summed E-state index contributed by atoms with van der Waals surface area (Å²) < 4.78 is 0.